The van der Waals surface area contributed by atoms with E-state index < -0.39 is 0 Å². The first-order chi connectivity index (χ1) is 12.2. The van der Waals surface area contributed by atoms with E-state index in [1.807, 2.05) is 24.3 Å². The van der Waals surface area contributed by atoms with Crippen molar-refractivity contribution in [1.82, 2.24) is 10.3 Å². The number of hydrogen-bond donors (Lipinski definition) is 2. The Morgan fingerprint density at radius 3 is 2.76 bits per heavy atom. The minimum absolute atomic E-state index is 0.0409. The van der Waals surface area contributed by atoms with Crippen LogP contribution in [0, 0.1) is 11.8 Å². The number of rotatable bonds is 4. The summed E-state index contributed by atoms with van der Waals surface area (Å²) in [6.45, 7) is 2.15. The molecule has 2 N–H and O–H groups in total. The van der Waals surface area contributed by atoms with Crippen LogP contribution in [0.2, 0.25) is 0 Å². The van der Waals surface area contributed by atoms with E-state index in [-0.39, 0.29) is 23.8 Å². The van der Waals surface area contributed by atoms with Crippen LogP contribution in [0.15, 0.2) is 28.7 Å². The van der Waals surface area contributed by atoms with Gasteiger partial charge in [0, 0.05) is 31.5 Å². The fraction of sp³-hybridized carbons (Fsp3) is 0.579. The molecule has 1 saturated carbocycles. The minimum Gasteiger partial charge on any atom is -0.423 e. The van der Waals surface area contributed by atoms with Crippen molar-refractivity contribution in [2.75, 3.05) is 24.5 Å². The summed E-state index contributed by atoms with van der Waals surface area (Å²) < 4.78 is 5.82. The largest absolute Gasteiger partial charge is 0.423 e. The summed E-state index contributed by atoms with van der Waals surface area (Å²) in [6, 6.07) is 8.40. The van der Waals surface area contributed by atoms with Gasteiger partial charge in [-0.3, -0.25) is 4.79 Å². The highest BCUT2D eigenvalue weighted by atomic mass is 16.4. The maximum atomic E-state index is 12.4. The molecule has 1 saturated heterocycles. The fourth-order valence-electron chi connectivity index (χ4n) is 3.96. The maximum Gasteiger partial charge on any atom is 0.298 e. The third kappa shape index (κ3) is 3.49. The monoisotopic (exact) mass is 343 g/mol. The molecule has 0 bridgehead atoms. The number of hydrogen-bond acceptors (Lipinski definition) is 5. The molecule has 0 radical (unpaired) electrons. The third-order valence-corrected chi connectivity index (χ3v) is 5.58. The van der Waals surface area contributed by atoms with E-state index in [1.165, 1.54) is 0 Å². The van der Waals surface area contributed by atoms with Crippen molar-refractivity contribution in [2.24, 2.45) is 11.8 Å². The van der Waals surface area contributed by atoms with Crippen molar-refractivity contribution >= 4 is 23.0 Å². The standard InChI is InChI=1S/C19H25N3O3/c23-16-6-3-4-14(16)12-20-18(24)13-8-10-22(11-9-13)19-21-15-5-1-2-7-17(15)25-19/h1-2,5,7,13-14,16,23H,3-4,6,8-12H2,(H,20,24). The van der Waals surface area contributed by atoms with Crippen molar-refractivity contribution in [2.45, 2.75) is 38.2 Å². The molecule has 1 aromatic carbocycles. The normalized spacial score (nSPS) is 24.8. The Morgan fingerprint density at radius 2 is 2.04 bits per heavy atom. The van der Waals surface area contributed by atoms with Crippen LogP contribution in [-0.4, -0.2) is 41.7 Å². The van der Waals surface area contributed by atoms with Gasteiger partial charge in [-0.05, 0) is 37.8 Å². The summed E-state index contributed by atoms with van der Waals surface area (Å²) in [5, 5.41) is 12.9. The highest BCUT2D eigenvalue weighted by molar-refractivity contribution is 5.79. The Hall–Kier alpha value is -2.08. The average molecular weight is 343 g/mol. The number of carbonyl (C=O) groups is 1. The summed E-state index contributed by atoms with van der Waals surface area (Å²) >= 11 is 0. The van der Waals surface area contributed by atoms with E-state index in [9.17, 15) is 9.90 Å². The minimum atomic E-state index is -0.249. The molecule has 1 aromatic heterocycles. The second kappa shape index (κ2) is 7.04. The molecule has 2 aliphatic rings. The molecular formula is C19H25N3O3. The molecule has 25 heavy (non-hydrogen) atoms. The van der Waals surface area contributed by atoms with E-state index in [4.69, 9.17) is 4.42 Å². The Morgan fingerprint density at radius 1 is 1.24 bits per heavy atom. The van der Waals surface area contributed by atoms with Crippen LogP contribution in [0.4, 0.5) is 6.01 Å². The number of aliphatic hydroxyl groups is 1. The highest BCUT2D eigenvalue weighted by Crippen LogP contribution is 2.27. The van der Waals surface area contributed by atoms with E-state index in [2.05, 4.69) is 15.2 Å². The first-order valence-electron chi connectivity index (χ1n) is 9.27. The van der Waals surface area contributed by atoms with Gasteiger partial charge in [-0.2, -0.15) is 4.98 Å². The molecule has 1 aliphatic heterocycles. The van der Waals surface area contributed by atoms with Gasteiger partial charge in [-0.1, -0.05) is 18.6 Å². The number of fused-ring (bicyclic) bond motifs is 1. The second-order valence-electron chi connectivity index (χ2n) is 7.23. The number of nitrogens with zero attached hydrogens (tertiary/aromatic N) is 2. The van der Waals surface area contributed by atoms with E-state index in [0.29, 0.717) is 12.6 Å². The maximum absolute atomic E-state index is 12.4. The van der Waals surface area contributed by atoms with Crippen molar-refractivity contribution < 1.29 is 14.3 Å². The van der Waals surface area contributed by atoms with Gasteiger partial charge >= 0.3 is 0 Å². The van der Waals surface area contributed by atoms with Crippen molar-refractivity contribution in [3.05, 3.63) is 24.3 Å². The molecule has 4 rings (SSSR count). The van der Waals surface area contributed by atoms with Gasteiger partial charge in [-0.25, -0.2) is 0 Å². The summed E-state index contributed by atoms with van der Waals surface area (Å²) in [6.07, 6.45) is 4.29. The fourth-order valence-corrected chi connectivity index (χ4v) is 3.96. The van der Waals surface area contributed by atoms with E-state index in [1.54, 1.807) is 0 Å². The molecule has 2 fully saturated rings. The van der Waals surface area contributed by atoms with Crippen LogP contribution >= 0.6 is 0 Å². The van der Waals surface area contributed by atoms with Gasteiger partial charge in [0.2, 0.25) is 5.91 Å². The quantitative estimate of drug-likeness (QED) is 0.891. The smallest absolute Gasteiger partial charge is 0.298 e. The lowest BCUT2D eigenvalue weighted by atomic mass is 9.95. The summed E-state index contributed by atoms with van der Waals surface area (Å²) in [5.41, 5.74) is 1.67. The lowest BCUT2D eigenvalue weighted by Gasteiger charge is -2.30. The molecule has 2 heterocycles. The predicted octanol–water partition coefficient (Wildman–Crippen LogP) is 2.32. The molecule has 1 amide bonds. The summed E-state index contributed by atoms with van der Waals surface area (Å²) in [7, 11) is 0. The van der Waals surface area contributed by atoms with Crippen molar-refractivity contribution in [1.29, 1.82) is 0 Å². The Bertz CT molecular complexity index is 703. The zero-order valence-electron chi connectivity index (χ0n) is 14.4. The lowest BCUT2D eigenvalue weighted by Crippen LogP contribution is -2.42. The van der Waals surface area contributed by atoms with Crippen LogP contribution < -0.4 is 10.2 Å². The van der Waals surface area contributed by atoms with E-state index in [0.717, 1.165) is 56.3 Å². The SMILES string of the molecule is O=C(NCC1CCCC1O)C1CCN(c2nc3ccccc3o2)CC1. The van der Waals surface area contributed by atoms with E-state index >= 15 is 0 Å². The molecule has 2 aromatic rings. The number of carbonyl (C=O) groups excluding carboxylic acids is 1. The molecule has 2 unspecified atom stereocenters. The zero-order valence-corrected chi connectivity index (χ0v) is 14.4. The van der Waals surface area contributed by atoms with Crippen molar-refractivity contribution in [3.63, 3.8) is 0 Å². The Balaban J connectivity index is 1.29. The number of amides is 1. The number of benzene rings is 1. The lowest BCUT2D eigenvalue weighted by molar-refractivity contribution is -0.125. The summed E-state index contributed by atoms with van der Waals surface area (Å²) in [4.78, 5) is 19.0. The number of anilines is 1. The first kappa shape index (κ1) is 16.4. The second-order valence-corrected chi connectivity index (χ2v) is 7.23. The first-order valence-corrected chi connectivity index (χ1v) is 9.27. The highest BCUT2D eigenvalue weighted by Gasteiger charge is 2.29. The number of aromatic nitrogens is 1. The van der Waals surface area contributed by atoms with Gasteiger partial charge in [0.1, 0.15) is 5.52 Å². The summed E-state index contributed by atoms with van der Waals surface area (Å²) in [5.74, 6) is 0.388. The van der Waals surface area contributed by atoms with Gasteiger partial charge in [0.25, 0.3) is 6.01 Å². The average Bonchev–Trinajstić information content (AvgIpc) is 3.25. The molecule has 1 aliphatic carbocycles. The van der Waals surface area contributed by atoms with Gasteiger partial charge in [-0.15, -0.1) is 0 Å². The van der Waals surface area contributed by atoms with Crippen LogP contribution in [0.1, 0.15) is 32.1 Å². The van der Waals surface area contributed by atoms with Crippen molar-refractivity contribution in [3.8, 4) is 0 Å². The van der Waals surface area contributed by atoms with Crippen LogP contribution in [0.5, 0.6) is 0 Å². The Labute approximate surface area is 147 Å². The van der Waals surface area contributed by atoms with Crippen LogP contribution in [0.3, 0.4) is 0 Å². The Kier molecular flexibility index (Phi) is 4.61. The molecule has 0 spiro atoms. The molecule has 2 atom stereocenters. The van der Waals surface area contributed by atoms with Gasteiger partial charge < -0.3 is 19.7 Å². The number of oxazole rings is 1. The number of piperidine rings is 1. The third-order valence-electron chi connectivity index (χ3n) is 5.58. The molecular weight excluding hydrogens is 318 g/mol. The molecule has 134 valence electrons. The van der Waals surface area contributed by atoms with Crippen LogP contribution in [-0.2, 0) is 4.79 Å². The topological polar surface area (TPSA) is 78.6 Å². The van der Waals surface area contributed by atoms with Gasteiger partial charge in [0.15, 0.2) is 5.58 Å². The van der Waals surface area contributed by atoms with Crippen LogP contribution in [0.25, 0.3) is 11.1 Å². The van der Waals surface area contributed by atoms with Gasteiger partial charge in [0.05, 0.1) is 6.10 Å². The zero-order chi connectivity index (χ0) is 17.2. The number of nitrogens with one attached hydrogen (secondary N) is 1. The number of para-hydroxylation sites is 2. The molecule has 6 nitrogen and oxygen atoms in total. The molecule has 6 heteroatoms. The predicted molar refractivity (Wildman–Crippen MR) is 95.3 cm³/mol. The number of aliphatic hydroxyl groups excluding tert-OH is 1.